The maximum Gasteiger partial charge on any atom is 0.428 e. The molecule has 0 heterocycles. The first-order valence-corrected chi connectivity index (χ1v) is 5.85. The van der Waals surface area contributed by atoms with Crippen LogP contribution >= 0.6 is 0 Å². The molecular formula is C14H15F3O4. The van der Waals surface area contributed by atoms with E-state index in [2.05, 4.69) is 11.3 Å². The van der Waals surface area contributed by atoms with Crippen LogP contribution < -0.4 is 4.74 Å². The standard InChI is InChI=1S/C14H15F3O4/c1-9(10-4-6-11(20-2)7-5-10)8-13(19,12(18)21-3)14(15,16)17/h4-7,19H,1,8H2,2-3H3/t13-/m1/s1. The maximum atomic E-state index is 12.9. The van der Waals surface area contributed by atoms with Crippen LogP contribution in [0.3, 0.4) is 0 Å². The molecule has 1 N–H and O–H groups in total. The molecule has 0 fully saturated rings. The number of halogens is 3. The van der Waals surface area contributed by atoms with Crippen LogP contribution in [0.25, 0.3) is 5.57 Å². The van der Waals surface area contributed by atoms with Gasteiger partial charge in [0.25, 0.3) is 5.60 Å². The van der Waals surface area contributed by atoms with Gasteiger partial charge in [-0.05, 0) is 23.3 Å². The van der Waals surface area contributed by atoms with E-state index in [4.69, 9.17) is 4.74 Å². The Balaban J connectivity index is 3.03. The Morgan fingerprint density at radius 1 is 1.24 bits per heavy atom. The number of benzene rings is 1. The van der Waals surface area contributed by atoms with Crippen molar-refractivity contribution in [2.75, 3.05) is 14.2 Å². The van der Waals surface area contributed by atoms with Gasteiger partial charge in [-0.15, -0.1) is 0 Å². The SMILES string of the molecule is C=C(C[C@@](O)(C(=O)OC)C(F)(F)F)c1ccc(OC)cc1. The van der Waals surface area contributed by atoms with Crippen molar-refractivity contribution in [3.8, 4) is 5.75 Å². The summed E-state index contributed by atoms with van der Waals surface area (Å²) in [6.07, 6.45) is -6.19. The Labute approximate surface area is 119 Å². The normalized spacial score (nSPS) is 14.2. The first-order valence-electron chi connectivity index (χ1n) is 5.85. The molecular weight excluding hydrogens is 289 g/mol. The molecule has 0 amide bonds. The second kappa shape index (κ2) is 6.17. The second-order valence-electron chi connectivity index (χ2n) is 4.36. The van der Waals surface area contributed by atoms with Gasteiger partial charge in [-0.2, -0.15) is 13.2 Å². The predicted molar refractivity (Wildman–Crippen MR) is 69.7 cm³/mol. The van der Waals surface area contributed by atoms with Crippen molar-refractivity contribution in [3.05, 3.63) is 36.4 Å². The van der Waals surface area contributed by atoms with E-state index in [1.807, 2.05) is 0 Å². The van der Waals surface area contributed by atoms with E-state index in [1.165, 1.54) is 31.4 Å². The molecule has 21 heavy (non-hydrogen) atoms. The van der Waals surface area contributed by atoms with Gasteiger partial charge in [0.2, 0.25) is 0 Å². The van der Waals surface area contributed by atoms with Crippen molar-refractivity contribution in [3.63, 3.8) is 0 Å². The van der Waals surface area contributed by atoms with Crippen molar-refractivity contribution < 1.29 is 32.5 Å². The highest BCUT2D eigenvalue weighted by molar-refractivity contribution is 5.83. The minimum atomic E-state index is -5.17. The lowest BCUT2D eigenvalue weighted by atomic mass is 9.91. The summed E-state index contributed by atoms with van der Waals surface area (Å²) in [5.41, 5.74) is -3.33. The number of methoxy groups -OCH3 is 2. The van der Waals surface area contributed by atoms with Crippen LogP contribution in [-0.4, -0.2) is 37.1 Å². The van der Waals surface area contributed by atoms with E-state index in [-0.39, 0.29) is 5.57 Å². The summed E-state index contributed by atoms with van der Waals surface area (Å²) in [4.78, 5) is 11.3. The number of ether oxygens (including phenoxy) is 2. The summed E-state index contributed by atoms with van der Waals surface area (Å²) in [6.45, 7) is 3.49. The Morgan fingerprint density at radius 3 is 2.14 bits per heavy atom. The van der Waals surface area contributed by atoms with Gasteiger partial charge in [0.15, 0.2) is 0 Å². The number of hydrogen-bond donors (Lipinski definition) is 1. The second-order valence-corrected chi connectivity index (χ2v) is 4.36. The number of aliphatic hydroxyl groups is 1. The van der Waals surface area contributed by atoms with Crippen LogP contribution in [0.1, 0.15) is 12.0 Å². The van der Waals surface area contributed by atoms with E-state index in [1.54, 1.807) is 0 Å². The minimum Gasteiger partial charge on any atom is -0.497 e. The van der Waals surface area contributed by atoms with Gasteiger partial charge in [0, 0.05) is 6.42 Å². The number of rotatable bonds is 5. The molecule has 0 aliphatic rings. The molecule has 0 radical (unpaired) electrons. The highest BCUT2D eigenvalue weighted by Gasteiger charge is 2.60. The van der Waals surface area contributed by atoms with Crippen LogP contribution in [0.2, 0.25) is 0 Å². The average Bonchev–Trinajstić information content (AvgIpc) is 2.45. The molecule has 0 spiro atoms. The number of carbonyl (C=O) groups is 1. The average molecular weight is 304 g/mol. The number of carbonyl (C=O) groups excluding carboxylic acids is 1. The molecule has 7 heteroatoms. The van der Waals surface area contributed by atoms with Crippen molar-refractivity contribution in [2.45, 2.75) is 18.2 Å². The minimum absolute atomic E-state index is 0.0529. The lowest BCUT2D eigenvalue weighted by molar-refractivity contribution is -0.259. The van der Waals surface area contributed by atoms with Crippen molar-refractivity contribution >= 4 is 11.5 Å². The Morgan fingerprint density at radius 2 is 1.76 bits per heavy atom. The van der Waals surface area contributed by atoms with E-state index in [0.29, 0.717) is 11.3 Å². The third-order valence-corrected chi connectivity index (χ3v) is 2.96. The smallest absolute Gasteiger partial charge is 0.428 e. The van der Waals surface area contributed by atoms with Crippen LogP contribution in [0.15, 0.2) is 30.8 Å². The fraction of sp³-hybridized carbons (Fsp3) is 0.357. The number of hydrogen-bond acceptors (Lipinski definition) is 4. The summed E-state index contributed by atoms with van der Waals surface area (Å²) in [7, 11) is 2.22. The molecule has 116 valence electrons. The van der Waals surface area contributed by atoms with Crippen LogP contribution in [0.4, 0.5) is 13.2 Å². The maximum absolute atomic E-state index is 12.9. The van der Waals surface area contributed by atoms with Gasteiger partial charge in [-0.1, -0.05) is 18.7 Å². The summed E-state index contributed by atoms with van der Waals surface area (Å²) in [6, 6.07) is 6.03. The van der Waals surface area contributed by atoms with Gasteiger partial charge in [-0.25, -0.2) is 4.79 Å². The molecule has 0 saturated heterocycles. The molecule has 1 aromatic rings. The van der Waals surface area contributed by atoms with Gasteiger partial charge in [0.05, 0.1) is 14.2 Å². The molecule has 0 bridgehead atoms. The predicted octanol–water partition coefficient (Wildman–Crippen LogP) is 2.56. The molecule has 0 aliphatic carbocycles. The topological polar surface area (TPSA) is 55.8 Å². The molecule has 1 rings (SSSR count). The van der Waals surface area contributed by atoms with Gasteiger partial charge >= 0.3 is 12.1 Å². The molecule has 0 unspecified atom stereocenters. The zero-order chi connectivity index (χ0) is 16.3. The molecule has 0 saturated carbocycles. The van der Waals surface area contributed by atoms with Crippen LogP contribution in [-0.2, 0) is 9.53 Å². The van der Waals surface area contributed by atoms with Crippen LogP contribution in [0.5, 0.6) is 5.75 Å². The zero-order valence-electron chi connectivity index (χ0n) is 11.5. The Bertz CT molecular complexity index is 522. The van der Waals surface area contributed by atoms with E-state index < -0.39 is 24.2 Å². The largest absolute Gasteiger partial charge is 0.497 e. The number of esters is 1. The lowest BCUT2D eigenvalue weighted by Gasteiger charge is -2.28. The molecule has 1 atom stereocenters. The summed E-state index contributed by atoms with van der Waals surface area (Å²) < 4.78 is 47.7. The molecule has 0 aromatic heterocycles. The van der Waals surface area contributed by atoms with Crippen molar-refractivity contribution in [1.29, 1.82) is 0 Å². The van der Waals surface area contributed by atoms with Gasteiger partial charge in [0.1, 0.15) is 5.75 Å². The van der Waals surface area contributed by atoms with E-state index in [0.717, 1.165) is 7.11 Å². The third kappa shape index (κ3) is 3.55. The summed E-state index contributed by atoms with van der Waals surface area (Å²) in [5.74, 6) is -1.25. The summed E-state index contributed by atoms with van der Waals surface area (Å²) in [5, 5.41) is 9.66. The highest BCUT2D eigenvalue weighted by atomic mass is 19.4. The zero-order valence-corrected chi connectivity index (χ0v) is 11.5. The molecule has 1 aromatic carbocycles. The number of alkyl halides is 3. The lowest BCUT2D eigenvalue weighted by Crippen LogP contribution is -2.52. The van der Waals surface area contributed by atoms with E-state index >= 15 is 0 Å². The molecule has 0 aliphatic heterocycles. The Hall–Kier alpha value is -2.02. The fourth-order valence-electron chi connectivity index (χ4n) is 1.69. The molecule has 4 nitrogen and oxygen atoms in total. The Kier molecular flexibility index (Phi) is 5.01. The third-order valence-electron chi connectivity index (χ3n) is 2.96. The monoisotopic (exact) mass is 304 g/mol. The van der Waals surface area contributed by atoms with Gasteiger partial charge < -0.3 is 14.6 Å². The highest BCUT2D eigenvalue weighted by Crippen LogP contribution is 2.38. The first-order chi connectivity index (χ1) is 9.65. The quantitative estimate of drug-likeness (QED) is 0.850. The van der Waals surface area contributed by atoms with Gasteiger partial charge in [-0.3, -0.25) is 0 Å². The van der Waals surface area contributed by atoms with Crippen LogP contribution in [0, 0.1) is 0 Å². The van der Waals surface area contributed by atoms with E-state index in [9.17, 15) is 23.1 Å². The van der Waals surface area contributed by atoms with Crippen molar-refractivity contribution in [1.82, 2.24) is 0 Å². The van der Waals surface area contributed by atoms with Crippen molar-refractivity contribution in [2.24, 2.45) is 0 Å². The fourth-order valence-corrected chi connectivity index (χ4v) is 1.69. The summed E-state index contributed by atoms with van der Waals surface area (Å²) >= 11 is 0. The first kappa shape index (κ1) is 17.0.